The van der Waals surface area contributed by atoms with Gasteiger partial charge in [-0.3, -0.25) is 4.90 Å². The summed E-state index contributed by atoms with van der Waals surface area (Å²) in [6.07, 6.45) is 1.74. The van der Waals surface area contributed by atoms with E-state index in [4.69, 9.17) is 0 Å². The SMILES string of the molecule is CC(C)CCN1CCCC(F)(F)C1. The summed E-state index contributed by atoms with van der Waals surface area (Å²) in [5.41, 5.74) is 0. The summed E-state index contributed by atoms with van der Waals surface area (Å²) in [6, 6.07) is 0. The van der Waals surface area contributed by atoms with Gasteiger partial charge in [-0.2, -0.15) is 0 Å². The molecule has 1 aliphatic rings. The van der Waals surface area contributed by atoms with Crippen LogP contribution >= 0.6 is 0 Å². The van der Waals surface area contributed by atoms with Crippen molar-refractivity contribution in [3.05, 3.63) is 0 Å². The van der Waals surface area contributed by atoms with Gasteiger partial charge in [0.1, 0.15) is 0 Å². The van der Waals surface area contributed by atoms with Crippen molar-refractivity contribution in [3.63, 3.8) is 0 Å². The van der Waals surface area contributed by atoms with Crippen molar-refractivity contribution in [2.75, 3.05) is 19.6 Å². The lowest BCUT2D eigenvalue weighted by Crippen LogP contribution is -2.43. The molecule has 0 radical (unpaired) electrons. The summed E-state index contributed by atoms with van der Waals surface area (Å²) in [5.74, 6) is -1.83. The molecule has 0 N–H and O–H groups in total. The Kier molecular flexibility index (Phi) is 3.65. The van der Waals surface area contributed by atoms with Crippen LogP contribution < -0.4 is 0 Å². The van der Waals surface area contributed by atoms with E-state index in [1.54, 1.807) is 0 Å². The van der Waals surface area contributed by atoms with Crippen molar-refractivity contribution in [2.24, 2.45) is 5.92 Å². The number of hydrogen-bond donors (Lipinski definition) is 0. The van der Waals surface area contributed by atoms with Crippen LogP contribution in [0.25, 0.3) is 0 Å². The van der Waals surface area contributed by atoms with Crippen LogP contribution in [0.15, 0.2) is 0 Å². The second-order valence-electron chi connectivity index (χ2n) is 4.42. The molecule has 0 atom stereocenters. The molecule has 0 bridgehead atoms. The van der Waals surface area contributed by atoms with E-state index in [0.717, 1.165) is 19.5 Å². The summed E-state index contributed by atoms with van der Waals surface area (Å²) in [5, 5.41) is 0. The van der Waals surface area contributed by atoms with E-state index >= 15 is 0 Å². The third-order valence-electron chi connectivity index (χ3n) is 2.49. The van der Waals surface area contributed by atoms with Crippen molar-refractivity contribution in [1.82, 2.24) is 4.90 Å². The van der Waals surface area contributed by atoms with E-state index < -0.39 is 5.92 Å². The fraction of sp³-hybridized carbons (Fsp3) is 1.00. The maximum absolute atomic E-state index is 12.9. The van der Waals surface area contributed by atoms with Crippen molar-refractivity contribution >= 4 is 0 Å². The predicted octanol–water partition coefficient (Wildman–Crippen LogP) is 2.76. The van der Waals surface area contributed by atoms with Gasteiger partial charge < -0.3 is 0 Å². The van der Waals surface area contributed by atoms with Gasteiger partial charge in [-0.25, -0.2) is 8.78 Å². The maximum Gasteiger partial charge on any atom is 0.260 e. The van der Waals surface area contributed by atoms with Crippen molar-refractivity contribution < 1.29 is 8.78 Å². The molecular weight excluding hydrogens is 172 g/mol. The highest BCUT2D eigenvalue weighted by Crippen LogP contribution is 2.26. The number of alkyl halides is 2. The second-order valence-corrected chi connectivity index (χ2v) is 4.42. The van der Waals surface area contributed by atoms with Crippen LogP contribution in [-0.2, 0) is 0 Å². The van der Waals surface area contributed by atoms with Gasteiger partial charge in [0.25, 0.3) is 5.92 Å². The molecule has 1 saturated heterocycles. The lowest BCUT2D eigenvalue weighted by atomic mass is 10.1. The molecule has 0 aliphatic carbocycles. The molecule has 0 aromatic rings. The van der Waals surface area contributed by atoms with Crippen LogP contribution in [0.5, 0.6) is 0 Å². The van der Waals surface area contributed by atoms with Crippen LogP contribution in [0.1, 0.15) is 33.1 Å². The minimum absolute atomic E-state index is 0.0281. The lowest BCUT2D eigenvalue weighted by molar-refractivity contribution is -0.0645. The largest absolute Gasteiger partial charge is 0.297 e. The quantitative estimate of drug-likeness (QED) is 0.663. The third kappa shape index (κ3) is 4.03. The molecule has 0 aromatic carbocycles. The average molecular weight is 191 g/mol. The van der Waals surface area contributed by atoms with Gasteiger partial charge in [0.05, 0.1) is 6.54 Å². The molecule has 1 heterocycles. The van der Waals surface area contributed by atoms with Gasteiger partial charge in [-0.05, 0) is 31.8 Å². The first-order valence-corrected chi connectivity index (χ1v) is 5.10. The molecule has 0 spiro atoms. The van der Waals surface area contributed by atoms with Crippen LogP contribution in [0.4, 0.5) is 8.78 Å². The molecule has 0 aromatic heterocycles. The number of likely N-dealkylation sites (tertiary alicyclic amines) is 1. The smallest absolute Gasteiger partial charge is 0.260 e. The summed E-state index contributed by atoms with van der Waals surface area (Å²) in [4.78, 5) is 1.89. The number of hydrogen-bond acceptors (Lipinski definition) is 1. The number of halogens is 2. The Morgan fingerprint density at radius 2 is 2.08 bits per heavy atom. The molecule has 1 nitrogen and oxygen atoms in total. The van der Waals surface area contributed by atoms with Gasteiger partial charge in [-0.1, -0.05) is 13.8 Å². The normalized spacial score (nSPS) is 23.8. The molecule has 78 valence electrons. The zero-order valence-corrected chi connectivity index (χ0v) is 8.52. The highest BCUT2D eigenvalue weighted by atomic mass is 19.3. The zero-order chi connectivity index (χ0) is 9.90. The van der Waals surface area contributed by atoms with E-state index in [2.05, 4.69) is 13.8 Å². The Bertz CT molecular complexity index is 157. The Hall–Kier alpha value is -0.180. The average Bonchev–Trinajstić information content (AvgIpc) is 1.99. The van der Waals surface area contributed by atoms with E-state index in [1.807, 2.05) is 4.90 Å². The molecule has 0 amide bonds. The van der Waals surface area contributed by atoms with Crippen molar-refractivity contribution in [2.45, 2.75) is 39.0 Å². The van der Waals surface area contributed by atoms with Crippen LogP contribution in [0.3, 0.4) is 0 Å². The fourth-order valence-corrected chi connectivity index (χ4v) is 1.68. The van der Waals surface area contributed by atoms with Crippen LogP contribution in [0, 0.1) is 5.92 Å². The molecule has 1 fully saturated rings. The van der Waals surface area contributed by atoms with Gasteiger partial charge >= 0.3 is 0 Å². The Balaban J connectivity index is 2.26. The molecule has 0 unspecified atom stereocenters. The van der Waals surface area contributed by atoms with Crippen LogP contribution in [0.2, 0.25) is 0 Å². The monoisotopic (exact) mass is 191 g/mol. The van der Waals surface area contributed by atoms with E-state index in [0.29, 0.717) is 12.3 Å². The number of piperidine rings is 1. The topological polar surface area (TPSA) is 3.24 Å². The van der Waals surface area contributed by atoms with Gasteiger partial charge in [-0.15, -0.1) is 0 Å². The highest BCUT2D eigenvalue weighted by Gasteiger charge is 2.34. The molecule has 3 heteroatoms. The lowest BCUT2D eigenvalue weighted by Gasteiger charge is -2.32. The summed E-state index contributed by atoms with van der Waals surface area (Å²) in [6.45, 7) is 5.90. The molecule has 13 heavy (non-hydrogen) atoms. The first-order valence-electron chi connectivity index (χ1n) is 5.10. The predicted molar refractivity (Wildman–Crippen MR) is 50.1 cm³/mol. The minimum atomic E-state index is -2.44. The Labute approximate surface area is 79.1 Å². The Morgan fingerprint density at radius 3 is 2.62 bits per heavy atom. The summed E-state index contributed by atoms with van der Waals surface area (Å²) < 4.78 is 25.9. The summed E-state index contributed by atoms with van der Waals surface area (Å²) >= 11 is 0. The van der Waals surface area contributed by atoms with Crippen LogP contribution in [-0.4, -0.2) is 30.5 Å². The second kappa shape index (κ2) is 4.36. The number of nitrogens with zero attached hydrogens (tertiary/aromatic N) is 1. The minimum Gasteiger partial charge on any atom is -0.297 e. The van der Waals surface area contributed by atoms with E-state index in [1.165, 1.54) is 0 Å². The molecular formula is C10H19F2N. The summed E-state index contributed by atoms with van der Waals surface area (Å²) in [7, 11) is 0. The Morgan fingerprint density at radius 1 is 1.38 bits per heavy atom. The van der Waals surface area contributed by atoms with E-state index in [-0.39, 0.29) is 13.0 Å². The highest BCUT2D eigenvalue weighted by molar-refractivity contribution is 4.78. The zero-order valence-electron chi connectivity index (χ0n) is 8.52. The number of rotatable bonds is 3. The molecule has 0 saturated carbocycles. The first kappa shape index (κ1) is 10.9. The van der Waals surface area contributed by atoms with Gasteiger partial charge in [0, 0.05) is 6.42 Å². The standard InChI is InChI=1S/C10H19F2N/c1-9(2)4-7-13-6-3-5-10(11,12)8-13/h9H,3-8H2,1-2H3. The molecule has 1 aliphatic heterocycles. The fourth-order valence-electron chi connectivity index (χ4n) is 1.68. The third-order valence-corrected chi connectivity index (χ3v) is 2.49. The van der Waals surface area contributed by atoms with Crippen molar-refractivity contribution in [3.8, 4) is 0 Å². The van der Waals surface area contributed by atoms with Gasteiger partial charge in [0.15, 0.2) is 0 Å². The van der Waals surface area contributed by atoms with E-state index in [9.17, 15) is 8.78 Å². The van der Waals surface area contributed by atoms with Crippen molar-refractivity contribution in [1.29, 1.82) is 0 Å². The molecule has 1 rings (SSSR count). The first-order chi connectivity index (χ1) is 5.99. The van der Waals surface area contributed by atoms with Gasteiger partial charge in [0.2, 0.25) is 0 Å². The maximum atomic E-state index is 12.9.